The van der Waals surface area contributed by atoms with Crippen LogP contribution in [0.25, 0.3) is 0 Å². The Bertz CT molecular complexity index is 298. The molecule has 72 valence electrons. The highest BCUT2D eigenvalue weighted by molar-refractivity contribution is 6.31. The SMILES string of the molecule is CCCn1ncc(Cl)c1C(O)C=O. The van der Waals surface area contributed by atoms with Crippen LogP contribution in [0.15, 0.2) is 6.20 Å². The third-order valence-corrected chi connectivity index (χ3v) is 1.97. The van der Waals surface area contributed by atoms with Crippen LogP contribution in [-0.2, 0) is 11.3 Å². The Kier molecular flexibility index (Phi) is 3.45. The molecule has 1 N–H and O–H groups in total. The predicted octanol–water partition coefficient (Wildman–Crippen LogP) is 1.18. The van der Waals surface area contributed by atoms with Crippen molar-refractivity contribution in [1.29, 1.82) is 0 Å². The van der Waals surface area contributed by atoms with Gasteiger partial charge in [-0.2, -0.15) is 5.10 Å². The van der Waals surface area contributed by atoms with Gasteiger partial charge >= 0.3 is 0 Å². The molecule has 1 rings (SSSR count). The van der Waals surface area contributed by atoms with Crippen LogP contribution < -0.4 is 0 Å². The van der Waals surface area contributed by atoms with Gasteiger partial charge in [0.05, 0.1) is 16.9 Å². The highest BCUT2D eigenvalue weighted by Crippen LogP contribution is 2.21. The molecule has 5 heteroatoms. The summed E-state index contributed by atoms with van der Waals surface area (Å²) in [5, 5.41) is 13.6. The lowest BCUT2D eigenvalue weighted by atomic mass is 10.3. The number of halogens is 1. The molecule has 0 fully saturated rings. The summed E-state index contributed by atoms with van der Waals surface area (Å²) in [6.07, 6.45) is 1.56. The average molecular weight is 203 g/mol. The lowest BCUT2D eigenvalue weighted by Gasteiger charge is -2.07. The third-order valence-electron chi connectivity index (χ3n) is 1.68. The lowest BCUT2D eigenvalue weighted by Crippen LogP contribution is -2.10. The Morgan fingerprint density at radius 2 is 2.54 bits per heavy atom. The van der Waals surface area contributed by atoms with Crippen LogP contribution in [0.5, 0.6) is 0 Å². The minimum Gasteiger partial charge on any atom is -0.379 e. The molecule has 13 heavy (non-hydrogen) atoms. The van der Waals surface area contributed by atoms with Crippen molar-refractivity contribution in [3.63, 3.8) is 0 Å². The summed E-state index contributed by atoms with van der Waals surface area (Å²) >= 11 is 5.75. The smallest absolute Gasteiger partial charge is 0.154 e. The second-order valence-electron chi connectivity index (χ2n) is 2.68. The number of aryl methyl sites for hydroxylation is 1. The Morgan fingerprint density at radius 1 is 1.85 bits per heavy atom. The maximum absolute atomic E-state index is 10.4. The first-order valence-electron chi connectivity index (χ1n) is 4.05. The molecule has 0 amide bonds. The minimum absolute atomic E-state index is 0.327. The molecule has 0 radical (unpaired) electrons. The van der Waals surface area contributed by atoms with Crippen molar-refractivity contribution in [2.45, 2.75) is 26.0 Å². The fourth-order valence-electron chi connectivity index (χ4n) is 1.12. The van der Waals surface area contributed by atoms with Gasteiger partial charge < -0.3 is 9.90 Å². The number of aliphatic hydroxyl groups excluding tert-OH is 1. The standard InChI is InChI=1S/C8H11ClN2O2/c1-2-3-11-8(7(13)5-12)6(9)4-10-11/h4-5,7,13H,2-3H2,1H3. The molecule has 1 heterocycles. The van der Waals surface area contributed by atoms with Crippen LogP contribution in [0.4, 0.5) is 0 Å². The fraction of sp³-hybridized carbons (Fsp3) is 0.500. The first-order chi connectivity index (χ1) is 6.20. The van der Waals surface area contributed by atoms with E-state index in [1.54, 1.807) is 4.68 Å². The summed E-state index contributed by atoms with van der Waals surface area (Å²) in [5.41, 5.74) is 0.374. The minimum atomic E-state index is -1.18. The monoisotopic (exact) mass is 202 g/mol. The molecule has 1 aromatic rings. The number of hydrogen-bond acceptors (Lipinski definition) is 3. The van der Waals surface area contributed by atoms with Gasteiger partial charge in [0.15, 0.2) is 12.4 Å². The second kappa shape index (κ2) is 4.39. The Labute approximate surface area is 81.1 Å². The van der Waals surface area contributed by atoms with E-state index >= 15 is 0 Å². The lowest BCUT2D eigenvalue weighted by molar-refractivity contribution is -0.115. The molecule has 0 aliphatic carbocycles. The number of hydrogen-bond donors (Lipinski definition) is 1. The summed E-state index contributed by atoms with van der Waals surface area (Å²) in [5.74, 6) is 0. The molecule has 4 nitrogen and oxygen atoms in total. The first-order valence-corrected chi connectivity index (χ1v) is 4.43. The van der Waals surface area contributed by atoms with E-state index in [-0.39, 0.29) is 0 Å². The third kappa shape index (κ3) is 2.08. The zero-order valence-corrected chi connectivity index (χ0v) is 8.03. The second-order valence-corrected chi connectivity index (χ2v) is 3.09. The predicted molar refractivity (Wildman–Crippen MR) is 48.6 cm³/mol. The van der Waals surface area contributed by atoms with Crippen LogP contribution in [0.1, 0.15) is 25.1 Å². The summed E-state index contributed by atoms with van der Waals surface area (Å²) in [6.45, 7) is 2.62. The quantitative estimate of drug-likeness (QED) is 0.746. The normalized spacial score (nSPS) is 12.8. The number of rotatable bonds is 4. The maximum Gasteiger partial charge on any atom is 0.154 e. The fourth-order valence-corrected chi connectivity index (χ4v) is 1.37. The molecule has 0 aliphatic rings. The van der Waals surface area contributed by atoms with Gasteiger partial charge in [-0.1, -0.05) is 18.5 Å². The molecule has 0 aromatic carbocycles. The van der Waals surface area contributed by atoms with E-state index in [1.165, 1.54) is 6.20 Å². The summed E-state index contributed by atoms with van der Waals surface area (Å²) in [4.78, 5) is 10.4. The molecular formula is C8H11ClN2O2. The summed E-state index contributed by atoms with van der Waals surface area (Å²) in [6, 6.07) is 0. The van der Waals surface area contributed by atoms with Crippen molar-refractivity contribution in [1.82, 2.24) is 9.78 Å². The van der Waals surface area contributed by atoms with Crippen molar-refractivity contribution in [3.05, 3.63) is 16.9 Å². The average Bonchev–Trinajstić information content (AvgIpc) is 2.47. The Balaban J connectivity index is 3.00. The Morgan fingerprint density at radius 3 is 3.08 bits per heavy atom. The highest BCUT2D eigenvalue weighted by atomic mass is 35.5. The van der Waals surface area contributed by atoms with E-state index in [9.17, 15) is 9.90 Å². The van der Waals surface area contributed by atoms with Gasteiger partial charge in [0.25, 0.3) is 0 Å². The molecule has 0 spiro atoms. The van der Waals surface area contributed by atoms with Crippen LogP contribution in [-0.4, -0.2) is 21.2 Å². The molecule has 1 atom stereocenters. The van der Waals surface area contributed by atoms with Crippen LogP contribution in [0.2, 0.25) is 5.02 Å². The molecule has 1 unspecified atom stereocenters. The highest BCUT2D eigenvalue weighted by Gasteiger charge is 2.16. The van der Waals surface area contributed by atoms with E-state index < -0.39 is 6.10 Å². The van der Waals surface area contributed by atoms with E-state index in [4.69, 9.17) is 11.6 Å². The number of aldehydes is 1. The zero-order valence-electron chi connectivity index (χ0n) is 7.27. The van der Waals surface area contributed by atoms with Gasteiger partial charge in [-0.3, -0.25) is 4.68 Å². The molecule has 1 aromatic heterocycles. The topological polar surface area (TPSA) is 55.1 Å². The van der Waals surface area contributed by atoms with E-state index in [0.29, 0.717) is 23.5 Å². The number of aliphatic hydroxyl groups is 1. The van der Waals surface area contributed by atoms with Gasteiger partial charge in [-0.05, 0) is 6.42 Å². The van der Waals surface area contributed by atoms with Gasteiger partial charge in [0.1, 0.15) is 0 Å². The first kappa shape index (κ1) is 10.2. The van der Waals surface area contributed by atoms with Crippen molar-refractivity contribution in [3.8, 4) is 0 Å². The molecule has 0 saturated heterocycles. The molecule has 0 bridgehead atoms. The van der Waals surface area contributed by atoms with Gasteiger partial charge in [0, 0.05) is 6.54 Å². The van der Waals surface area contributed by atoms with Gasteiger partial charge in [0.2, 0.25) is 0 Å². The van der Waals surface area contributed by atoms with Crippen LogP contribution in [0.3, 0.4) is 0 Å². The van der Waals surface area contributed by atoms with E-state index in [0.717, 1.165) is 6.42 Å². The largest absolute Gasteiger partial charge is 0.379 e. The van der Waals surface area contributed by atoms with Gasteiger partial charge in [-0.25, -0.2) is 0 Å². The van der Waals surface area contributed by atoms with Crippen molar-refractivity contribution < 1.29 is 9.90 Å². The Hall–Kier alpha value is -0.870. The molecular weight excluding hydrogens is 192 g/mol. The number of nitrogens with zero attached hydrogens (tertiary/aromatic N) is 2. The van der Waals surface area contributed by atoms with Gasteiger partial charge in [-0.15, -0.1) is 0 Å². The zero-order chi connectivity index (χ0) is 9.84. The maximum atomic E-state index is 10.4. The summed E-state index contributed by atoms with van der Waals surface area (Å²) < 4.78 is 1.54. The van der Waals surface area contributed by atoms with E-state index in [1.807, 2.05) is 6.92 Å². The molecule has 0 aliphatic heterocycles. The van der Waals surface area contributed by atoms with Crippen LogP contribution in [0, 0.1) is 0 Å². The number of carbonyl (C=O) groups excluding carboxylic acids is 1. The van der Waals surface area contributed by atoms with Crippen molar-refractivity contribution >= 4 is 17.9 Å². The number of carbonyl (C=O) groups is 1. The van der Waals surface area contributed by atoms with Crippen LogP contribution >= 0.6 is 11.6 Å². The van der Waals surface area contributed by atoms with E-state index in [2.05, 4.69) is 5.10 Å². The van der Waals surface area contributed by atoms with Crippen molar-refractivity contribution in [2.75, 3.05) is 0 Å². The molecule has 0 saturated carbocycles. The van der Waals surface area contributed by atoms with Crippen molar-refractivity contribution in [2.24, 2.45) is 0 Å². The number of aromatic nitrogens is 2. The summed E-state index contributed by atoms with van der Waals surface area (Å²) in [7, 11) is 0.